The van der Waals surface area contributed by atoms with Gasteiger partial charge in [0.15, 0.2) is 0 Å². The van der Waals surface area contributed by atoms with Crippen LogP contribution in [0.15, 0.2) is 0 Å². The third kappa shape index (κ3) is 2.28. The molecule has 0 radical (unpaired) electrons. The highest BCUT2D eigenvalue weighted by Gasteiger charge is 2.36. The van der Waals surface area contributed by atoms with Crippen LogP contribution in [0.5, 0.6) is 0 Å². The molecule has 1 aliphatic heterocycles. The summed E-state index contributed by atoms with van der Waals surface area (Å²) in [6.45, 7) is 1.58. The van der Waals surface area contributed by atoms with E-state index in [1.54, 1.807) is 0 Å². The maximum absolute atomic E-state index is 12.0. The Morgan fingerprint density at radius 3 is 2.71 bits per heavy atom. The number of nitrogens with zero attached hydrogens (tertiary/aromatic N) is 1. The zero-order valence-corrected chi connectivity index (χ0v) is 9.83. The minimum Gasteiger partial charge on any atom is -0.368 e. The summed E-state index contributed by atoms with van der Waals surface area (Å²) in [6, 6.07) is 0.504. The summed E-state index contributed by atoms with van der Waals surface area (Å²) in [7, 11) is 0. The fourth-order valence-corrected chi connectivity index (χ4v) is 2.29. The number of amides is 1. The van der Waals surface area contributed by atoms with E-state index in [2.05, 4.69) is 15.9 Å². The molecule has 14 heavy (non-hydrogen) atoms. The second-order valence-electron chi connectivity index (χ2n) is 3.95. The molecule has 1 heterocycles. The number of ether oxygens (including phenoxy) is 1. The predicted octanol–water partition coefficient (Wildman–Crippen LogP) is 1.55. The molecule has 2 rings (SSSR count). The van der Waals surface area contributed by atoms with Crippen molar-refractivity contribution < 1.29 is 9.53 Å². The molecule has 0 spiro atoms. The summed E-state index contributed by atoms with van der Waals surface area (Å²) in [6.07, 6.45) is 4.14. The zero-order valence-electron chi connectivity index (χ0n) is 8.25. The maximum atomic E-state index is 12.0. The van der Waals surface area contributed by atoms with Crippen molar-refractivity contribution >= 4 is 21.8 Å². The van der Waals surface area contributed by atoms with E-state index in [1.165, 1.54) is 12.8 Å². The third-order valence-electron chi connectivity index (χ3n) is 2.80. The quantitative estimate of drug-likeness (QED) is 0.719. The molecule has 1 saturated carbocycles. The lowest BCUT2D eigenvalue weighted by Crippen LogP contribution is -2.41. The number of carbonyl (C=O) groups excluding carboxylic acids is 1. The lowest BCUT2D eigenvalue weighted by molar-refractivity contribution is -0.141. The van der Waals surface area contributed by atoms with Crippen LogP contribution in [0.2, 0.25) is 0 Å². The Morgan fingerprint density at radius 2 is 2.21 bits per heavy atom. The van der Waals surface area contributed by atoms with Crippen LogP contribution < -0.4 is 0 Å². The van der Waals surface area contributed by atoms with Crippen LogP contribution in [0.3, 0.4) is 0 Å². The Morgan fingerprint density at radius 1 is 1.43 bits per heavy atom. The van der Waals surface area contributed by atoms with E-state index >= 15 is 0 Å². The summed E-state index contributed by atoms with van der Waals surface area (Å²) in [4.78, 5) is 14.0. The molecule has 1 atom stereocenters. The van der Waals surface area contributed by atoms with Crippen LogP contribution in [0, 0.1) is 0 Å². The maximum Gasteiger partial charge on any atom is 0.251 e. The van der Waals surface area contributed by atoms with E-state index in [0.29, 0.717) is 6.04 Å². The SMILES string of the molecule is O=C(C1CCCO1)N(CCBr)C1CC1. The highest BCUT2D eigenvalue weighted by atomic mass is 79.9. The van der Waals surface area contributed by atoms with Crippen molar-refractivity contribution in [3.8, 4) is 0 Å². The van der Waals surface area contributed by atoms with Crippen molar-refractivity contribution in [3.63, 3.8) is 0 Å². The lowest BCUT2D eigenvalue weighted by atomic mass is 10.2. The first-order valence-corrected chi connectivity index (χ1v) is 6.43. The smallest absolute Gasteiger partial charge is 0.251 e. The molecule has 2 aliphatic rings. The first kappa shape index (κ1) is 10.4. The van der Waals surface area contributed by atoms with Gasteiger partial charge >= 0.3 is 0 Å². The summed E-state index contributed by atoms with van der Waals surface area (Å²) in [5.74, 6) is 0.212. The number of halogens is 1. The van der Waals surface area contributed by atoms with E-state index in [-0.39, 0.29) is 12.0 Å². The lowest BCUT2D eigenvalue weighted by Gasteiger charge is -2.24. The Balaban J connectivity index is 1.91. The van der Waals surface area contributed by atoms with E-state index < -0.39 is 0 Å². The van der Waals surface area contributed by atoms with Crippen LogP contribution in [-0.4, -0.2) is 41.4 Å². The van der Waals surface area contributed by atoms with Crippen LogP contribution in [-0.2, 0) is 9.53 Å². The number of rotatable bonds is 4. The third-order valence-corrected chi connectivity index (χ3v) is 3.16. The zero-order chi connectivity index (χ0) is 9.97. The van der Waals surface area contributed by atoms with Gasteiger partial charge in [-0.15, -0.1) is 0 Å². The standard InChI is InChI=1S/C10H16BrNO2/c11-5-6-12(8-3-4-8)10(13)9-2-1-7-14-9/h8-9H,1-7H2. The first-order valence-electron chi connectivity index (χ1n) is 5.31. The van der Waals surface area contributed by atoms with Crippen molar-refractivity contribution in [1.82, 2.24) is 4.90 Å². The summed E-state index contributed by atoms with van der Waals surface area (Å²) < 4.78 is 5.41. The van der Waals surface area contributed by atoms with Crippen molar-refractivity contribution in [2.24, 2.45) is 0 Å². The Labute approximate surface area is 92.9 Å². The predicted molar refractivity (Wildman–Crippen MR) is 57.5 cm³/mol. The van der Waals surface area contributed by atoms with Gasteiger partial charge in [-0.1, -0.05) is 15.9 Å². The fraction of sp³-hybridized carbons (Fsp3) is 0.900. The summed E-state index contributed by atoms with van der Waals surface area (Å²) >= 11 is 3.39. The molecule has 0 bridgehead atoms. The largest absolute Gasteiger partial charge is 0.368 e. The molecule has 1 saturated heterocycles. The molecule has 1 unspecified atom stereocenters. The number of hydrogen-bond acceptors (Lipinski definition) is 2. The van der Waals surface area contributed by atoms with Gasteiger partial charge in [-0.05, 0) is 25.7 Å². The Bertz CT molecular complexity index is 212. The molecule has 1 aliphatic carbocycles. The minimum atomic E-state index is -0.144. The Kier molecular flexibility index (Phi) is 3.44. The molecule has 4 heteroatoms. The molecule has 0 aromatic heterocycles. The number of hydrogen-bond donors (Lipinski definition) is 0. The highest BCUT2D eigenvalue weighted by molar-refractivity contribution is 9.09. The van der Waals surface area contributed by atoms with Crippen LogP contribution in [0.25, 0.3) is 0 Å². The minimum absolute atomic E-state index is 0.144. The highest BCUT2D eigenvalue weighted by Crippen LogP contribution is 2.29. The van der Waals surface area contributed by atoms with E-state index in [9.17, 15) is 4.79 Å². The first-order chi connectivity index (χ1) is 6.83. The van der Waals surface area contributed by atoms with Gasteiger partial charge in [0.05, 0.1) is 0 Å². The molecule has 0 aromatic carbocycles. The van der Waals surface area contributed by atoms with Gasteiger partial charge in [-0.3, -0.25) is 4.79 Å². The average molecular weight is 262 g/mol. The van der Waals surface area contributed by atoms with Gasteiger partial charge in [-0.25, -0.2) is 0 Å². The van der Waals surface area contributed by atoms with Crippen molar-refractivity contribution in [2.75, 3.05) is 18.5 Å². The van der Waals surface area contributed by atoms with E-state index in [1.807, 2.05) is 4.90 Å². The van der Waals surface area contributed by atoms with Crippen LogP contribution in [0.1, 0.15) is 25.7 Å². The molecule has 80 valence electrons. The van der Waals surface area contributed by atoms with Gasteiger partial charge in [0.25, 0.3) is 5.91 Å². The van der Waals surface area contributed by atoms with E-state index in [0.717, 1.165) is 31.3 Å². The molecular formula is C10H16BrNO2. The summed E-state index contributed by atoms with van der Waals surface area (Å²) in [5, 5.41) is 0.863. The monoisotopic (exact) mass is 261 g/mol. The molecular weight excluding hydrogens is 246 g/mol. The van der Waals surface area contributed by atoms with E-state index in [4.69, 9.17) is 4.74 Å². The number of carbonyl (C=O) groups is 1. The summed E-state index contributed by atoms with van der Waals surface area (Å²) in [5.41, 5.74) is 0. The fourth-order valence-electron chi connectivity index (χ4n) is 1.91. The van der Waals surface area contributed by atoms with Gasteiger partial charge < -0.3 is 9.64 Å². The van der Waals surface area contributed by atoms with Crippen molar-refractivity contribution in [1.29, 1.82) is 0 Å². The second kappa shape index (κ2) is 4.62. The molecule has 0 aromatic rings. The van der Waals surface area contributed by atoms with Crippen molar-refractivity contribution in [2.45, 2.75) is 37.8 Å². The van der Waals surface area contributed by atoms with Crippen LogP contribution in [0.4, 0.5) is 0 Å². The Hall–Kier alpha value is -0.0900. The van der Waals surface area contributed by atoms with Gasteiger partial charge in [-0.2, -0.15) is 0 Å². The van der Waals surface area contributed by atoms with Gasteiger partial charge in [0.2, 0.25) is 0 Å². The van der Waals surface area contributed by atoms with Crippen LogP contribution >= 0.6 is 15.9 Å². The molecule has 1 amide bonds. The van der Waals surface area contributed by atoms with Crippen molar-refractivity contribution in [3.05, 3.63) is 0 Å². The van der Waals surface area contributed by atoms with Gasteiger partial charge in [0.1, 0.15) is 6.10 Å². The molecule has 0 N–H and O–H groups in total. The average Bonchev–Trinajstić information content (AvgIpc) is 2.88. The molecule has 3 nitrogen and oxygen atoms in total. The topological polar surface area (TPSA) is 29.5 Å². The number of alkyl halides is 1. The second-order valence-corrected chi connectivity index (χ2v) is 4.75. The molecule has 2 fully saturated rings. The normalized spacial score (nSPS) is 26.5. The van der Waals surface area contributed by atoms with Gasteiger partial charge in [0, 0.05) is 24.5 Å².